The number of halogens is 3. The van der Waals surface area contributed by atoms with Gasteiger partial charge in [-0.1, -0.05) is 12.1 Å². The van der Waals surface area contributed by atoms with Crippen molar-refractivity contribution in [3.8, 4) is 0 Å². The van der Waals surface area contributed by atoms with Crippen LogP contribution in [0.2, 0.25) is 0 Å². The molecule has 1 N–H and O–H groups in total. The van der Waals surface area contributed by atoms with E-state index in [2.05, 4.69) is 15.0 Å². The molecule has 2 amide bonds. The maximum atomic E-state index is 12.3. The largest absolute Gasteiger partial charge is 0.455 e. The van der Waals surface area contributed by atoms with E-state index in [0.717, 1.165) is 5.69 Å². The SMILES string of the molecule is CC1=NC(=O)NC(c2ccc(N(C)C)cc2)C1C(=O)OCC(F)(F)F. The van der Waals surface area contributed by atoms with Crippen LogP contribution >= 0.6 is 0 Å². The quantitative estimate of drug-likeness (QED) is 0.841. The van der Waals surface area contributed by atoms with Crippen LogP contribution in [-0.2, 0) is 9.53 Å². The Labute approximate surface area is 142 Å². The second-order valence-electron chi connectivity index (χ2n) is 5.87. The van der Waals surface area contributed by atoms with Crippen molar-refractivity contribution in [2.45, 2.75) is 19.1 Å². The predicted molar refractivity (Wildman–Crippen MR) is 85.7 cm³/mol. The highest BCUT2D eigenvalue weighted by Crippen LogP contribution is 2.29. The Hall–Kier alpha value is -2.58. The minimum atomic E-state index is -4.62. The van der Waals surface area contributed by atoms with E-state index in [9.17, 15) is 22.8 Å². The van der Waals surface area contributed by atoms with Crippen LogP contribution in [0.4, 0.5) is 23.7 Å². The Morgan fingerprint density at radius 2 is 1.88 bits per heavy atom. The molecule has 0 radical (unpaired) electrons. The number of nitrogens with zero attached hydrogens (tertiary/aromatic N) is 2. The van der Waals surface area contributed by atoms with Crippen LogP contribution in [0.1, 0.15) is 18.5 Å². The molecule has 25 heavy (non-hydrogen) atoms. The number of hydrogen-bond acceptors (Lipinski definition) is 4. The Balaban J connectivity index is 2.28. The number of hydrogen-bond donors (Lipinski definition) is 1. The Morgan fingerprint density at radius 3 is 2.40 bits per heavy atom. The summed E-state index contributed by atoms with van der Waals surface area (Å²) in [6, 6.07) is 5.45. The number of rotatable bonds is 4. The van der Waals surface area contributed by atoms with Crippen molar-refractivity contribution in [3.05, 3.63) is 29.8 Å². The van der Waals surface area contributed by atoms with E-state index in [-0.39, 0.29) is 5.71 Å². The third-order valence-corrected chi connectivity index (χ3v) is 3.74. The van der Waals surface area contributed by atoms with E-state index < -0.39 is 36.7 Å². The summed E-state index contributed by atoms with van der Waals surface area (Å²) in [5, 5.41) is 2.52. The molecular formula is C16H18F3N3O3. The van der Waals surface area contributed by atoms with E-state index in [4.69, 9.17) is 0 Å². The van der Waals surface area contributed by atoms with Crippen LogP contribution < -0.4 is 10.2 Å². The van der Waals surface area contributed by atoms with Crippen LogP contribution in [0.5, 0.6) is 0 Å². The maximum Gasteiger partial charge on any atom is 0.422 e. The highest BCUT2D eigenvalue weighted by Gasteiger charge is 2.40. The number of alkyl halides is 3. The van der Waals surface area contributed by atoms with Gasteiger partial charge >= 0.3 is 18.2 Å². The Bertz CT molecular complexity index is 684. The summed E-state index contributed by atoms with van der Waals surface area (Å²) in [4.78, 5) is 29.3. The summed E-state index contributed by atoms with van der Waals surface area (Å²) in [5.41, 5.74) is 1.58. The van der Waals surface area contributed by atoms with Crippen molar-refractivity contribution in [3.63, 3.8) is 0 Å². The third kappa shape index (κ3) is 4.71. The fourth-order valence-electron chi connectivity index (χ4n) is 2.52. The molecule has 1 heterocycles. The van der Waals surface area contributed by atoms with Gasteiger partial charge in [0.2, 0.25) is 0 Å². The van der Waals surface area contributed by atoms with Gasteiger partial charge < -0.3 is 15.0 Å². The second kappa shape index (κ2) is 7.12. The summed E-state index contributed by atoms with van der Waals surface area (Å²) in [5.74, 6) is -2.20. The molecule has 1 aromatic rings. The smallest absolute Gasteiger partial charge is 0.422 e. The first-order chi connectivity index (χ1) is 11.6. The first-order valence-corrected chi connectivity index (χ1v) is 7.45. The summed E-state index contributed by atoms with van der Waals surface area (Å²) >= 11 is 0. The molecule has 2 unspecified atom stereocenters. The predicted octanol–water partition coefficient (Wildman–Crippen LogP) is 2.70. The summed E-state index contributed by atoms with van der Waals surface area (Å²) in [6.07, 6.45) is -4.62. The van der Waals surface area contributed by atoms with Gasteiger partial charge in [0.15, 0.2) is 6.61 Å². The van der Waals surface area contributed by atoms with E-state index in [1.807, 2.05) is 19.0 Å². The first-order valence-electron chi connectivity index (χ1n) is 7.45. The zero-order valence-corrected chi connectivity index (χ0v) is 13.9. The molecule has 2 rings (SSSR count). The number of ether oxygens (including phenoxy) is 1. The Morgan fingerprint density at radius 1 is 1.28 bits per heavy atom. The van der Waals surface area contributed by atoms with Gasteiger partial charge in [0.25, 0.3) is 0 Å². The number of aliphatic imine (C=N–C) groups is 1. The molecule has 9 heteroatoms. The van der Waals surface area contributed by atoms with E-state index in [1.165, 1.54) is 6.92 Å². The minimum absolute atomic E-state index is 0.109. The van der Waals surface area contributed by atoms with Gasteiger partial charge in [0, 0.05) is 25.5 Å². The number of urea groups is 1. The molecule has 0 saturated heterocycles. The lowest BCUT2D eigenvalue weighted by molar-refractivity contribution is -0.188. The van der Waals surface area contributed by atoms with Crippen LogP contribution in [0.25, 0.3) is 0 Å². The average molecular weight is 357 g/mol. The first kappa shape index (κ1) is 18.8. The van der Waals surface area contributed by atoms with E-state index in [1.54, 1.807) is 24.3 Å². The molecule has 0 spiro atoms. The maximum absolute atomic E-state index is 12.3. The molecule has 0 aliphatic carbocycles. The molecule has 0 bridgehead atoms. The number of carbonyl (C=O) groups excluding carboxylic acids is 2. The highest BCUT2D eigenvalue weighted by molar-refractivity contribution is 6.08. The molecule has 0 saturated carbocycles. The third-order valence-electron chi connectivity index (χ3n) is 3.74. The second-order valence-corrected chi connectivity index (χ2v) is 5.87. The van der Waals surface area contributed by atoms with Crippen molar-refractivity contribution in [1.29, 1.82) is 0 Å². The van der Waals surface area contributed by atoms with Gasteiger partial charge in [-0.25, -0.2) is 9.79 Å². The topological polar surface area (TPSA) is 71.0 Å². The molecule has 1 aliphatic heterocycles. The molecule has 0 aromatic heterocycles. The minimum Gasteiger partial charge on any atom is -0.455 e. The molecular weight excluding hydrogens is 339 g/mol. The van der Waals surface area contributed by atoms with Gasteiger partial charge in [0.05, 0.1) is 6.04 Å². The zero-order valence-electron chi connectivity index (χ0n) is 13.9. The summed E-state index contributed by atoms with van der Waals surface area (Å²) in [6.45, 7) is -0.269. The number of esters is 1. The normalized spacial score (nSPS) is 20.6. The van der Waals surface area contributed by atoms with Crippen LogP contribution in [0, 0.1) is 5.92 Å². The number of carbonyl (C=O) groups is 2. The monoisotopic (exact) mass is 357 g/mol. The van der Waals surface area contributed by atoms with Crippen molar-refractivity contribution in [1.82, 2.24) is 5.32 Å². The average Bonchev–Trinajstić information content (AvgIpc) is 2.51. The molecule has 1 aliphatic rings. The van der Waals surface area contributed by atoms with Crippen molar-refractivity contribution in [2.75, 3.05) is 25.6 Å². The van der Waals surface area contributed by atoms with Crippen molar-refractivity contribution >= 4 is 23.4 Å². The van der Waals surface area contributed by atoms with Gasteiger partial charge in [-0.2, -0.15) is 13.2 Å². The molecule has 1 aromatic carbocycles. The Kier molecular flexibility index (Phi) is 5.34. The molecule has 136 valence electrons. The highest BCUT2D eigenvalue weighted by atomic mass is 19.4. The fourth-order valence-corrected chi connectivity index (χ4v) is 2.52. The van der Waals surface area contributed by atoms with Crippen molar-refractivity contribution < 1.29 is 27.5 Å². The fraction of sp³-hybridized carbons (Fsp3) is 0.438. The zero-order chi connectivity index (χ0) is 18.8. The lowest BCUT2D eigenvalue weighted by atomic mass is 9.88. The van der Waals surface area contributed by atoms with Crippen molar-refractivity contribution in [2.24, 2.45) is 10.9 Å². The van der Waals surface area contributed by atoms with Gasteiger partial charge in [-0.15, -0.1) is 0 Å². The lowest BCUT2D eigenvalue weighted by Gasteiger charge is -2.30. The molecule has 6 nitrogen and oxygen atoms in total. The summed E-state index contributed by atoms with van der Waals surface area (Å²) < 4.78 is 41.3. The van der Waals surface area contributed by atoms with E-state index in [0.29, 0.717) is 5.56 Å². The van der Waals surface area contributed by atoms with Crippen LogP contribution in [0.15, 0.2) is 29.3 Å². The number of anilines is 1. The molecule has 0 fully saturated rings. The van der Waals surface area contributed by atoms with Crippen LogP contribution in [0.3, 0.4) is 0 Å². The van der Waals surface area contributed by atoms with Gasteiger partial charge in [-0.05, 0) is 24.6 Å². The number of amides is 2. The number of benzene rings is 1. The standard InChI is InChI=1S/C16H18F3N3O3/c1-9-12(14(23)25-8-16(17,18)19)13(21-15(24)20-9)10-4-6-11(7-5-10)22(2)3/h4-7,12-13H,8H2,1-3H3,(H,21,24). The van der Waals surface area contributed by atoms with Gasteiger partial charge in [-0.3, -0.25) is 4.79 Å². The number of nitrogens with one attached hydrogen (secondary N) is 1. The van der Waals surface area contributed by atoms with Crippen LogP contribution in [-0.4, -0.2) is 44.6 Å². The van der Waals surface area contributed by atoms with E-state index >= 15 is 0 Å². The molecule has 2 atom stereocenters. The van der Waals surface area contributed by atoms with Gasteiger partial charge in [0.1, 0.15) is 5.92 Å². The summed E-state index contributed by atoms with van der Waals surface area (Å²) in [7, 11) is 3.71. The lowest BCUT2D eigenvalue weighted by Crippen LogP contribution is -2.44.